The molecule has 1 aliphatic carbocycles. The highest BCUT2D eigenvalue weighted by atomic mass is 79.9. The first-order chi connectivity index (χ1) is 9.15. The lowest BCUT2D eigenvalue weighted by atomic mass is 10.3. The number of rotatable bonds is 7. The van der Waals surface area contributed by atoms with Crippen LogP contribution < -0.4 is 5.32 Å². The van der Waals surface area contributed by atoms with Gasteiger partial charge in [-0.05, 0) is 48.3 Å². The van der Waals surface area contributed by atoms with Crippen LogP contribution in [0.2, 0.25) is 0 Å². The Hall–Kier alpha value is -0.810. The van der Waals surface area contributed by atoms with E-state index >= 15 is 0 Å². The predicted octanol–water partition coefficient (Wildman–Crippen LogP) is 2.48. The molecule has 1 amide bonds. The molecule has 1 aromatic rings. The number of amides is 1. The van der Waals surface area contributed by atoms with Gasteiger partial charge in [-0.3, -0.25) is 9.69 Å². The highest BCUT2D eigenvalue weighted by molar-refractivity contribution is 9.10. The van der Waals surface area contributed by atoms with Gasteiger partial charge in [0.15, 0.2) is 0 Å². The molecule has 0 unspecified atom stereocenters. The zero-order valence-corrected chi connectivity index (χ0v) is 13.2. The number of hydrogen-bond acceptors (Lipinski definition) is 2. The van der Waals surface area contributed by atoms with Crippen molar-refractivity contribution in [2.24, 2.45) is 0 Å². The van der Waals surface area contributed by atoms with Crippen molar-refractivity contribution in [3.05, 3.63) is 22.4 Å². The van der Waals surface area contributed by atoms with E-state index in [0.29, 0.717) is 0 Å². The molecule has 5 heteroatoms. The van der Waals surface area contributed by atoms with Crippen LogP contribution in [-0.4, -0.2) is 41.1 Å². The molecule has 0 atom stereocenters. The minimum atomic E-state index is 0.0133. The smallest absolute Gasteiger partial charge is 0.267 e. The summed E-state index contributed by atoms with van der Waals surface area (Å²) in [6, 6.07) is 2.63. The molecule has 1 heterocycles. The van der Waals surface area contributed by atoms with Gasteiger partial charge in [-0.25, -0.2) is 0 Å². The summed E-state index contributed by atoms with van der Waals surface area (Å²) < 4.78 is 2.91. The minimum absolute atomic E-state index is 0.0133. The minimum Gasteiger partial charge on any atom is -0.349 e. The molecular weight excluding hydrogens is 306 g/mol. The van der Waals surface area contributed by atoms with Crippen molar-refractivity contribution in [1.82, 2.24) is 14.8 Å². The largest absolute Gasteiger partial charge is 0.349 e. The Bertz CT molecular complexity index is 440. The van der Waals surface area contributed by atoms with Crippen molar-refractivity contribution in [3.8, 4) is 0 Å². The second-order valence-corrected chi connectivity index (χ2v) is 5.86. The fourth-order valence-corrected chi connectivity index (χ4v) is 2.83. The van der Waals surface area contributed by atoms with Crippen LogP contribution >= 0.6 is 15.9 Å². The van der Waals surface area contributed by atoms with Crippen LogP contribution in [0.1, 0.15) is 37.2 Å². The van der Waals surface area contributed by atoms with Crippen molar-refractivity contribution in [3.63, 3.8) is 0 Å². The molecule has 1 fully saturated rings. The standard InChI is InChI=1S/C14H22BrN3O/c1-3-17(12-5-6-12)8-7-16-14(19)13-9-11(15)10-18(13)4-2/h9-10,12H,3-8H2,1-2H3,(H,16,19). The number of aromatic nitrogens is 1. The van der Waals surface area contributed by atoms with E-state index in [1.807, 2.05) is 23.8 Å². The average molecular weight is 328 g/mol. The van der Waals surface area contributed by atoms with Crippen molar-refractivity contribution < 1.29 is 4.79 Å². The summed E-state index contributed by atoms with van der Waals surface area (Å²) in [5.74, 6) is 0.0133. The van der Waals surface area contributed by atoms with Crippen molar-refractivity contribution in [1.29, 1.82) is 0 Å². The van der Waals surface area contributed by atoms with Gasteiger partial charge in [0.05, 0.1) is 0 Å². The van der Waals surface area contributed by atoms with E-state index in [1.165, 1.54) is 12.8 Å². The molecule has 0 spiro atoms. The van der Waals surface area contributed by atoms with E-state index < -0.39 is 0 Å². The van der Waals surface area contributed by atoms with Gasteiger partial charge in [-0.15, -0.1) is 0 Å². The Kier molecular flexibility index (Phi) is 5.05. The third-order valence-corrected chi connectivity index (χ3v) is 4.02. The molecule has 0 radical (unpaired) electrons. The molecule has 0 aliphatic heterocycles. The molecule has 0 bridgehead atoms. The molecule has 0 saturated heterocycles. The highest BCUT2D eigenvalue weighted by Gasteiger charge is 2.27. The topological polar surface area (TPSA) is 37.3 Å². The van der Waals surface area contributed by atoms with E-state index in [0.717, 1.165) is 42.4 Å². The van der Waals surface area contributed by atoms with Gasteiger partial charge in [0, 0.05) is 36.3 Å². The highest BCUT2D eigenvalue weighted by Crippen LogP contribution is 2.25. The van der Waals surface area contributed by atoms with E-state index in [-0.39, 0.29) is 5.91 Å². The van der Waals surface area contributed by atoms with E-state index in [1.54, 1.807) is 0 Å². The van der Waals surface area contributed by atoms with Crippen LogP contribution in [0.3, 0.4) is 0 Å². The Balaban J connectivity index is 1.83. The molecular formula is C14H22BrN3O. The zero-order valence-electron chi connectivity index (χ0n) is 11.7. The van der Waals surface area contributed by atoms with Crippen molar-refractivity contribution in [2.75, 3.05) is 19.6 Å². The first-order valence-electron chi connectivity index (χ1n) is 7.03. The van der Waals surface area contributed by atoms with Crippen LogP contribution in [0.15, 0.2) is 16.7 Å². The first-order valence-corrected chi connectivity index (χ1v) is 7.83. The number of carbonyl (C=O) groups excluding carboxylic acids is 1. The maximum atomic E-state index is 12.1. The lowest BCUT2D eigenvalue weighted by molar-refractivity contribution is 0.0939. The van der Waals surface area contributed by atoms with E-state index in [2.05, 4.69) is 33.1 Å². The summed E-state index contributed by atoms with van der Waals surface area (Å²) in [6.07, 6.45) is 4.57. The molecule has 1 saturated carbocycles. The van der Waals surface area contributed by atoms with Crippen LogP contribution in [-0.2, 0) is 6.54 Å². The third kappa shape index (κ3) is 3.83. The summed E-state index contributed by atoms with van der Waals surface area (Å²) in [7, 11) is 0. The predicted molar refractivity (Wildman–Crippen MR) is 80.4 cm³/mol. The van der Waals surface area contributed by atoms with Crippen LogP contribution in [0.25, 0.3) is 0 Å². The lowest BCUT2D eigenvalue weighted by Crippen LogP contribution is -2.36. The first kappa shape index (κ1) is 14.6. The Labute approximate surface area is 123 Å². The maximum Gasteiger partial charge on any atom is 0.267 e. The maximum absolute atomic E-state index is 12.1. The number of carbonyl (C=O) groups is 1. The summed E-state index contributed by atoms with van der Waals surface area (Å²) in [4.78, 5) is 14.6. The van der Waals surface area contributed by atoms with Crippen LogP contribution in [0.5, 0.6) is 0 Å². The van der Waals surface area contributed by atoms with Gasteiger partial charge >= 0.3 is 0 Å². The molecule has 1 aliphatic rings. The third-order valence-electron chi connectivity index (χ3n) is 3.59. The second-order valence-electron chi connectivity index (χ2n) is 4.95. The SMILES string of the molecule is CCN(CCNC(=O)c1cc(Br)cn1CC)C1CC1. The number of nitrogens with zero attached hydrogens (tertiary/aromatic N) is 2. The number of aryl methyl sites for hydroxylation is 1. The zero-order chi connectivity index (χ0) is 13.8. The van der Waals surface area contributed by atoms with Gasteiger partial charge in [0.25, 0.3) is 5.91 Å². The monoisotopic (exact) mass is 327 g/mol. The molecule has 1 aromatic heterocycles. The van der Waals surface area contributed by atoms with E-state index in [9.17, 15) is 4.79 Å². The van der Waals surface area contributed by atoms with E-state index in [4.69, 9.17) is 0 Å². The van der Waals surface area contributed by atoms with Crippen LogP contribution in [0, 0.1) is 0 Å². The molecule has 2 rings (SSSR count). The second kappa shape index (κ2) is 6.57. The summed E-state index contributed by atoms with van der Waals surface area (Å²) >= 11 is 3.41. The van der Waals surface area contributed by atoms with Gasteiger partial charge in [-0.1, -0.05) is 6.92 Å². The molecule has 0 aromatic carbocycles. The summed E-state index contributed by atoms with van der Waals surface area (Å²) in [5, 5.41) is 3.01. The fourth-order valence-electron chi connectivity index (χ4n) is 2.37. The Morgan fingerprint density at radius 3 is 2.84 bits per heavy atom. The average Bonchev–Trinajstić information content (AvgIpc) is 3.16. The number of likely N-dealkylation sites (N-methyl/N-ethyl adjacent to an activating group) is 1. The quantitative estimate of drug-likeness (QED) is 0.835. The molecule has 106 valence electrons. The van der Waals surface area contributed by atoms with Crippen molar-refractivity contribution in [2.45, 2.75) is 39.3 Å². The fraction of sp³-hybridized carbons (Fsp3) is 0.643. The lowest BCUT2D eigenvalue weighted by Gasteiger charge is -2.19. The Morgan fingerprint density at radius 2 is 2.26 bits per heavy atom. The normalized spacial score (nSPS) is 14.9. The number of nitrogens with one attached hydrogen (secondary N) is 1. The Morgan fingerprint density at radius 1 is 1.53 bits per heavy atom. The summed E-state index contributed by atoms with van der Waals surface area (Å²) in [6.45, 7) is 7.75. The van der Waals surface area contributed by atoms with Crippen molar-refractivity contribution >= 4 is 21.8 Å². The van der Waals surface area contributed by atoms with Gasteiger partial charge in [0.1, 0.15) is 5.69 Å². The number of halogens is 1. The van der Waals surface area contributed by atoms with Gasteiger partial charge in [-0.2, -0.15) is 0 Å². The van der Waals surface area contributed by atoms with Gasteiger partial charge in [0.2, 0.25) is 0 Å². The molecule has 1 N–H and O–H groups in total. The summed E-state index contributed by atoms with van der Waals surface area (Å²) in [5.41, 5.74) is 0.726. The van der Waals surface area contributed by atoms with Crippen LogP contribution in [0.4, 0.5) is 0 Å². The molecule has 19 heavy (non-hydrogen) atoms. The van der Waals surface area contributed by atoms with Gasteiger partial charge < -0.3 is 9.88 Å². The number of hydrogen-bond donors (Lipinski definition) is 1. The molecule has 4 nitrogen and oxygen atoms in total.